The molecule has 150 valence electrons. The first kappa shape index (κ1) is 20.0. The Morgan fingerprint density at radius 2 is 2.18 bits per heavy atom. The molecule has 1 aromatic heterocycles. The summed E-state index contributed by atoms with van der Waals surface area (Å²) in [5.41, 5.74) is 2.06. The van der Waals surface area contributed by atoms with Crippen molar-refractivity contribution in [3.63, 3.8) is 0 Å². The van der Waals surface area contributed by atoms with Crippen molar-refractivity contribution >= 4 is 12.0 Å². The van der Waals surface area contributed by atoms with E-state index in [4.69, 9.17) is 9.47 Å². The van der Waals surface area contributed by atoms with Crippen LogP contribution in [-0.4, -0.2) is 34.7 Å². The first-order valence-electron chi connectivity index (χ1n) is 9.96. The number of benzene rings is 1. The molecule has 6 nitrogen and oxygen atoms in total. The van der Waals surface area contributed by atoms with E-state index in [1.165, 1.54) is 0 Å². The van der Waals surface area contributed by atoms with Crippen molar-refractivity contribution < 1.29 is 14.3 Å². The molecule has 0 spiro atoms. The summed E-state index contributed by atoms with van der Waals surface area (Å²) in [5.74, 6) is 1.72. The van der Waals surface area contributed by atoms with E-state index >= 15 is 0 Å². The second-order valence-corrected chi connectivity index (χ2v) is 7.06. The number of hydrogen-bond donors (Lipinski definition) is 1. The molecule has 2 atom stereocenters. The fraction of sp³-hybridized carbons (Fsp3) is 0.455. The number of unbranched alkanes of at least 4 members (excludes halogenated alkanes) is 1. The van der Waals surface area contributed by atoms with Gasteiger partial charge in [0.25, 0.3) is 0 Å². The van der Waals surface area contributed by atoms with Gasteiger partial charge in [0.15, 0.2) is 11.5 Å². The Labute approximate surface area is 166 Å². The number of ether oxygens (including phenoxy) is 2. The molecule has 0 radical (unpaired) electrons. The maximum atomic E-state index is 12.2. The average molecular weight is 383 g/mol. The highest BCUT2D eigenvalue weighted by atomic mass is 16.5. The lowest BCUT2D eigenvalue weighted by atomic mass is 10.2. The number of aromatic nitrogens is 2. The molecule has 0 aliphatic heterocycles. The van der Waals surface area contributed by atoms with E-state index in [2.05, 4.69) is 17.2 Å². The zero-order valence-corrected chi connectivity index (χ0v) is 16.9. The summed E-state index contributed by atoms with van der Waals surface area (Å²) in [7, 11) is 1.98. The molecule has 1 saturated carbocycles. The maximum absolute atomic E-state index is 12.2. The van der Waals surface area contributed by atoms with Crippen LogP contribution in [0.25, 0.3) is 6.08 Å². The Bertz CT molecular complexity index is 828. The number of aryl methyl sites for hydroxylation is 1. The van der Waals surface area contributed by atoms with Crippen LogP contribution < -0.4 is 14.8 Å². The van der Waals surface area contributed by atoms with Crippen molar-refractivity contribution in [2.24, 2.45) is 7.05 Å². The van der Waals surface area contributed by atoms with E-state index in [-0.39, 0.29) is 11.9 Å². The van der Waals surface area contributed by atoms with Crippen molar-refractivity contribution in [2.75, 3.05) is 13.2 Å². The van der Waals surface area contributed by atoms with E-state index in [1.54, 1.807) is 18.5 Å². The predicted octanol–water partition coefficient (Wildman–Crippen LogP) is 3.68. The summed E-state index contributed by atoms with van der Waals surface area (Å²) in [5, 5.41) is 3.05. The monoisotopic (exact) mass is 383 g/mol. The van der Waals surface area contributed by atoms with E-state index in [1.807, 2.05) is 42.9 Å². The van der Waals surface area contributed by atoms with Gasteiger partial charge in [-0.25, -0.2) is 4.98 Å². The van der Waals surface area contributed by atoms with Gasteiger partial charge in [0.1, 0.15) is 0 Å². The van der Waals surface area contributed by atoms with Crippen molar-refractivity contribution in [1.82, 2.24) is 14.9 Å². The number of amides is 1. The topological polar surface area (TPSA) is 65.4 Å². The van der Waals surface area contributed by atoms with Crippen LogP contribution in [0.2, 0.25) is 0 Å². The quantitative estimate of drug-likeness (QED) is 0.502. The molecule has 1 N–H and O–H groups in total. The van der Waals surface area contributed by atoms with Gasteiger partial charge in [-0.15, -0.1) is 0 Å². The van der Waals surface area contributed by atoms with Crippen LogP contribution in [-0.2, 0) is 11.8 Å². The molecule has 1 aliphatic rings. The van der Waals surface area contributed by atoms with Crippen LogP contribution in [0.5, 0.6) is 11.5 Å². The molecule has 1 heterocycles. The minimum Gasteiger partial charge on any atom is -0.490 e. The fourth-order valence-corrected chi connectivity index (χ4v) is 3.15. The van der Waals surface area contributed by atoms with Gasteiger partial charge >= 0.3 is 0 Å². The number of hydrogen-bond acceptors (Lipinski definition) is 4. The molecule has 3 rings (SSSR count). The predicted molar refractivity (Wildman–Crippen MR) is 110 cm³/mol. The van der Waals surface area contributed by atoms with Crippen LogP contribution >= 0.6 is 0 Å². The highest BCUT2D eigenvalue weighted by Gasteiger charge is 2.40. The summed E-state index contributed by atoms with van der Waals surface area (Å²) in [6.07, 6.45) is 10.1. The van der Waals surface area contributed by atoms with Crippen LogP contribution in [0.15, 0.2) is 36.8 Å². The lowest BCUT2D eigenvalue weighted by Gasteiger charge is -2.12. The molecule has 1 aromatic carbocycles. The Morgan fingerprint density at radius 1 is 1.32 bits per heavy atom. The normalized spacial score (nSPS) is 18.2. The molecule has 2 aromatic rings. The number of carbonyl (C=O) groups excluding carboxylic acids is 1. The second-order valence-electron chi connectivity index (χ2n) is 7.06. The zero-order valence-electron chi connectivity index (χ0n) is 16.9. The standard InChI is InChI=1S/C22H29N3O3/c1-4-6-11-28-20-9-7-16(12-21(20)27-5-2)8-10-22(26)24-18-13-17(18)19-14-23-15-25(19)3/h7-10,12,14-15,17-18H,4-6,11,13H2,1-3H3,(H,24,26)/b10-8+/t17-,18-/m1/s1. The van der Waals surface area contributed by atoms with E-state index < -0.39 is 0 Å². The number of carbonyl (C=O) groups is 1. The van der Waals surface area contributed by atoms with Gasteiger partial charge in [-0.2, -0.15) is 0 Å². The number of imidazole rings is 1. The molecule has 1 aliphatic carbocycles. The van der Waals surface area contributed by atoms with Gasteiger partial charge < -0.3 is 19.4 Å². The number of nitrogens with zero attached hydrogens (tertiary/aromatic N) is 2. The van der Waals surface area contributed by atoms with Crippen molar-refractivity contribution in [3.05, 3.63) is 48.1 Å². The van der Waals surface area contributed by atoms with Crippen molar-refractivity contribution in [1.29, 1.82) is 0 Å². The molecular weight excluding hydrogens is 354 g/mol. The van der Waals surface area contributed by atoms with E-state index in [9.17, 15) is 4.79 Å². The SMILES string of the molecule is CCCCOc1ccc(/C=C/C(=O)N[C@@H]2C[C@H]2c2cncn2C)cc1OCC. The average Bonchev–Trinajstić information content (AvgIpc) is 3.30. The van der Waals surface area contributed by atoms with Gasteiger partial charge in [0.2, 0.25) is 5.91 Å². The minimum atomic E-state index is -0.0871. The number of rotatable bonds is 10. The van der Waals surface area contributed by atoms with E-state index in [0.29, 0.717) is 24.9 Å². The molecule has 0 bridgehead atoms. The van der Waals surface area contributed by atoms with Gasteiger partial charge in [-0.1, -0.05) is 19.4 Å². The summed E-state index contributed by atoms with van der Waals surface area (Å²) >= 11 is 0. The Balaban J connectivity index is 1.56. The molecule has 1 fully saturated rings. The van der Waals surface area contributed by atoms with Gasteiger partial charge in [0.05, 0.1) is 19.5 Å². The minimum absolute atomic E-state index is 0.0871. The molecular formula is C22H29N3O3. The Kier molecular flexibility index (Phi) is 6.74. The third-order valence-electron chi connectivity index (χ3n) is 4.80. The Morgan fingerprint density at radius 3 is 2.89 bits per heavy atom. The smallest absolute Gasteiger partial charge is 0.244 e. The molecule has 28 heavy (non-hydrogen) atoms. The summed E-state index contributed by atoms with van der Waals surface area (Å²) in [4.78, 5) is 16.4. The van der Waals surface area contributed by atoms with Crippen LogP contribution in [0, 0.1) is 0 Å². The van der Waals surface area contributed by atoms with Gasteiger partial charge in [-0.3, -0.25) is 4.79 Å². The van der Waals surface area contributed by atoms with Crippen LogP contribution in [0.4, 0.5) is 0 Å². The molecule has 1 amide bonds. The van der Waals surface area contributed by atoms with Gasteiger partial charge in [0, 0.05) is 37.0 Å². The maximum Gasteiger partial charge on any atom is 0.244 e. The number of nitrogens with one attached hydrogen (secondary N) is 1. The Hall–Kier alpha value is -2.76. The highest BCUT2D eigenvalue weighted by Crippen LogP contribution is 2.40. The van der Waals surface area contributed by atoms with Crippen molar-refractivity contribution in [2.45, 2.75) is 45.1 Å². The second kappa shape index (κ2) is 9.44. The molecule has 6 heteroatoms. The third kappa shape index (κ3) is 5.15. The third-order valence-corrected chi connectivity index (χ3v) is 4.80. The largest absolute Gasteiger partial charge is 0.490 e. The highest BCUT2D eigenvalue weighted by molar-refractivity contribution is 5.92. The van der Waals surface area contributed by atoms with Crippen molar-refractivity contribution in [3.8, 4) is 11.5 Å². The molecule has 0 unspecified atom stereocenters. The lowest BCUT2D eigenvalue weighted by molar-refractivity contribution is -0.116. The van der Waals surface area contributed by atoms with Crippen LogP contribution in [0.1, 0.15) is 50.3 Å². The lowest BCUT2D eigenvalue weighted by Crippen LogP contribution is -2.24. The summed E-state index contributed by atoms with van der Waals surface area (Å²) in [6, 6.07) is 5.92. The van der Waals surface area contributed by atoms with E-state index in [0.717, 1.165) is 36.3 Å². The first-order valence-corrected chi connectivity index (χ1v) is 9.96. The van der Waals surface area contributed by atoms with Crippen LogP contribution in [0.3, 0.4) is 0 Å². The zero-order chi connectivity index (χ0) is 19.9. The summed E-state index contributed by atoms with van der Waals surface area (Å²) in [6.45, 7) is 5.31. The molecule has 0 saturated heterocycles. The fourth-order valence-electron chi connectivity index (χ4n) is 3.15. The van der Waals surface area contributed by atoms with Gasteiger partial charge in [-0.05, 0) is 43.5 Å². The summed E-state index contributed by atoms with van der Waals surface area (Å²) < 4.78 is 13.5. The first-order chi connectivity index (χ1) is 13.6.